The third-order valence-corrected chi connectivity index (χ3v) is 5.84. The molecule has 1 N–H and O–H groups in total. The molecule has 1 aromatic heterocycles. The largest absolute Gasteiger partial charge is 0.479 e. The minimum absolute atomic E-state index is 0.00749. The molecule has 1 amide bonds. The van der Waals surface area contributed by atoms with E-state index in [9.17, 15) is 4.79 Å². The predicted octanol–water partition coefficient (Wildman–Crippen LogP) is 2.66. The zero-order valence-electron chi connectivity index (χ0n) is 14.1. The van der Waals surface area contributed by atoms with Crippen LogP contribution >= 0.6 is 11.8 Å². The van der Waals surface area contributed by atoms with E-state index in [1.165, 1.54) is 44.0 Å². The summed E-state index contributed by atoms with van der Waals surface area (Å²) < 4.78 is 10.3. The van der Waals surface area contributed by atoms with Crippen molar-refractivity contribution in [2.45, 2.75) is 29.0 Å². The van der Waals surface area contributed by atoms with Crippen molar-refractivity contribution in [2.75, 3.05) is 26.7 Å². The third kappa shape index (κ3) is 3.67. The second-order valence-corrected chi connectivity index (χ2v) is 7.52. The monoisotopic (exact) mass is 359 g/mol. The van der Waals surface area contributed by atoms with E-state index in [-0.39, 0.29) is 11.9 Å². The maximum atomic E-state index is 12.5. The zero-order valence-corrected chi connectivity index (χ0v) is 14.9. The lowest BCUT2D eigenvalue weighted by molar-refractivity contribution is 0.0620. The molecular weight excluding hydrogens is 338 g/mol. The number of nitrogens with zero attached hydrogens (tertiary/aromatic N) is 2. The first-order valence-corrected chi connectivity index (χ1v) is 9.33. The van der Waals surface area contributed by atoms with Crippen molar-refractivity contribution in [3.63, 3.8) is 0 Å². The number of oxazole rings is 1. The molecule has 3 aliphatic heterocycles. The van der Waals surface area contributed by atoms with Crippen LogP contribution < -0.4 is 10.1 Å². The van der Waals surface area contributed by atoms with Crippen LogP contribution in [0.1, 0.15) is 23.2 Å². The molecule has 132 valence electrons. The van der Waals surface area contributed by atoms with Crippen LogP contribution in [0.2, 0.25) is 0 Å². The quantitative estimate of drug-likeness (QED) is 0.885. The number of fused-ring (bicyclic) bond motifs is 3. The number of hydrogen-bond donors (Lipinski definition) is 1. The van der Waals surface area contributed by atoms with E-state index in [4.69, 9.17) is 9.15 Å². The Morgan fingerprint density at radius 1 is 1.32 bits per heavy atom. The lowest BCUT2D eigenvalue weighted by atomic mass is 9.84. The van der Waals surface area contributed by atoms with Crippen molar-refractivity contribution in [1.82, 2.24) is 15.2 Å². The fourth-order valence-electron chi connectivity index (χ4n) is 3.54. The van der Waals surface area contributed by atoms with E-state index >= 15 is 0 Å². The summed E-state index contributed by atoms with van der Waals surface area (Å²) in [6.07, 6.45) is 3.86. The molecule has 0 saturated carbocycles. The van der Waals surface area contributed by atoms with E-state index in [0.29, 0.717) is 22.6 Å². The number of ether oxygens (including phenoxy) is 1. The molecule has 7 heteroatoms. The van der Waals surface area contributed by atoms with Crippen LogP contribution in [0.5, 0.6) is 5.88 Å². The first kappa shape index (κ1) is 16.5. The molecule has 3 fully saturated rings. The Kier molecular flexibility index (Phi) is 4.67. The molecule has 6 nitrogen and oxygen atoms in total. The molecular formula is C18H21N3O3S. The average molecular weight is 359 g/mol. The molecule has 1 unspecified atom stereocenters. The summed E-state index contributed by atoms with van der Waals surface area (Å²) in [4.78, 5) is 20.1. The highest BCUT2D eigenvalue weighted by molar-refractivity contribution is 7.99. The summed E-state index contributed by atoms with van der Waals surface area (Å²) in [5.74, 6) is 1.09. The molecule has 0 spiro atoms. The van der Waals surface area contributed by atoms with Gasteiger partial charge in [-0.1, -0.05) is 0 Å². The van der Waals surface area contributed by atoms with E-state index < -0.39 is 0 Å². The second-order valence-electron chi connectivity index (χ2n) is 6.50. The molecule has 1 atom stereocenters. The number of nitrogens with one attached hydrogen (secondary N) is 1. The molecule has 1 aromatic carbocycles. The van der Waals surface area contributed by atoms with Gasteiger partial charge in [0.1, 0.15) is 0 Å². The normalized spacial score (nSPS) is 24.9. The van der Waals surface area contributed by atoms with Gasteiger partial charge < -0.3 is 19.4 Å². The van der Waals surface area contributed by atoms with Crippen LogP contribution in [0.3, 0.4) is 0 Å². The Balaban J connectivity index is 1.37. The molecule has 2 bridgehead atoms. The van der Waals surface area contributed by atoms with Gasteiger partial charge in [0.05, 0.1) is 7.11 Å². The SMILES string of the molecule is COc1coc(Sc2ccc(C(=O)NC3CN4CCC3CC4)cc2)n1. The lowest BCUT2D eigenvalue weighted by Crippen LogP contribution is -2.57. The minimum Gasteiger partial charge on any atom is -0.479 e. The molecule has 3 saturated heterocycles. The smallest absolute Gasteiger partial charge is 0.263 e. The highest BCUT2D eigenvalue weighted by Crippen LogP contribution is 2.29. The first-order chi connectivity index (χ1) is 12.2. The Morgan fingerprint density at radius 3 is 2.68 bits per heavy atom. The van der Waals surface area contributed by atoms with E-state index in [1.807, 2.05) is 24.3 Å². The van der Waals surface area contributed by atoms with Gasteiger partial charge in [0.25, 0.3) is 17.0 Å². The summed E-state index contributed by atoms with van der Waals surface area (Å²) in [6.45, 7) is 3.33. The van der Waals surface area contributed by atoms with Gasteiger partial charge in [0.15, 0.2) is 6.26 Å². The topological polar surface area (TPSA) is 67.6 Å². The number of piperidine rings is 3. The van der Waals surface area contributed by atoms with E-state index in [2.05, 4.69) is 15.2 Å². The Bertz CT molecular complexity index is 738. The number of amides is 1. The highest BCUT2D eigenvalue weighted by Gasteiger charge is 2.34. The Labute approximate surface area is 150 Å². The summed E-state index contributed by atoms with van der Waals surface area (Å²) in [6, 6.07) is 7.79. The van der Waals surface area contributed by atoms with Crippen molar-refractivity contribution in [3.8, 4) is 5.88 Å². The van der Waals surface area contributed by atoms with Crippen molar-refractivity contribution < 1.29 is 13.9 Å². The Hall–Kier alpha value is -1.99. The molecule has 0 aliphatic carbocycles. The molecule has 4 heterocycles. The van der Waals surface area contributed by atoms with E-state index in [1.54, 1.807) is 7.11 Å². The predicted molar refractivity (Wildman–Crippen MR) is 94.0 cm³/mol. The highest BCUT2D eigenvalue weighted by atomic mass is 32.2. The van der Waals surface area contributed by atoms with Crippen LogP contribution in [-0.4, -0.2) is 48.6 Å². The third-order valence-electron chi connectivity index (χ3n) is 4.97. The number of rotatable bonds is 5. The first-order valence-electron chi connectivity index (χ1n) is 8.52. The lowest BCUT2D eigenvalue weighted by Gasteiger charge is -2.44. The maximum Gasteiger partial charge on any atom is 0.263 e. The molecule has 3 aliphatic rings. The number of carbonyl (C=O) groups excluding carboxylic acids is 1. The number of hydrogen-bond acceptors (Lipinski definition) is 6. The van der Waals surface area contributed by atoms with Gasteiger partial charge in [0, 0.05) is 23.0 Å². The molecule has 25 heavy (non-hydrogen) atoms. The van der Waals surface area contributed by atoms with Crippen LogP contribution in [-0.2, 0) is 0 Å². The van der Waals surface area contributed by atoms with Crippen LogP contribution in [0.4, 0.5) is 0 Å². The van der Waals surface area contributed by atoms with Crippen molar-refractivity contribution in [3.05, 3.63) is 36.1 Å². The summed E-state index contributed by atoms with van der Waals surface area (Å²) in [5.41, 5.74) is 0.686. The van der Waals surface area contributed by atoms with Gasteiger partial charge in [0.2, 0.25) is 0 Å². The summed E-state index contributed by atoms with van der Waals surface area (Å²) >= 11 is 1.39. The van der Waals surface area contributed by atoms with Gasteiger partial charge in [-0.2, -0.15) is 4.98 Å². The average Bonchev–Trinajstić information content (AvgIpc) is 3.11. The molecule has 0 radical (unpaired) electrons. The van der Waals surface area contributed by atoms with Crippen molar-refractivity contribution >= 4 is 17.7 Å². The summed E-state index contributed by atoms with van der Waals surface area (Å²) in [7, 11) is 1.55. The summed E-state index contributed by atoms with van der Waals surface area (Å²) in [5, 5.41) is 3.73. The van der Waals surface area contributed by atoms with E-state index in [0.717, 1.165) is 11.4 Å². The molecule has 2 aromatic rings. The Morgan fingerprint density at radius 2 is 2.08 bits per heavy atom. The fraction of sp³-hybridized carbons (Fsp3) is 0.444. The van der Waals surface area contributed by atoms with Crippen molar-refractivity contribution in [1.29, 1.82) is 0 Å². The minimum atomic E-state index is 0.00749. The number of benzene rings is 1. The standard InChI is InChI=1S/C18H21N3O3S/c1-23-16-11-24-18(20-16)25-14-4-2-13(3-5-14)17(22)19-15-10-21-8-6-12(15)7-9-21/h2-5,11-12,15H,6-10H2,1H3,(H,19,22). The number of carbonyl (C=O) groups is 1. The van der Waals surface area contributed by atoms with Crippen LogP contribution in [0.15, 0.2) is 45.1 Å². The van der Waals surface area contributed by atoms with Crippen molar-refractivity contribution in [2.24, 2.45) is 5.92 Å². The number of aromatic nitrogens is 1. The van der Waals surface area contributed by atoms with Crippen LogP contribution in [0, 0.1) is 5.92 Å². The zero-order chi connectivity index (χ0) is 17.2. The van der Waals surface area contributed by atoms with Gasteiger partial charge in [-0.3, -0.25) is 4.79 Å². The van der Waals surface area contributed by atoms with Gasteiger partial charge in [-0.25, -0.2) is 0 Å². The maximum absolute atomic E-state index is 12.5. The van der Waals surface area contributed by atoms with Gasteiger partial charge in [-0.05, 0) is 67.9 Å². The fourth-order valence-corrected chi connectivity index (χ4v) is 4.25. The van der Waals surface area contributed by atoms with Gasteiger partial charge >= 0.3 is 0 Å². The van der Waals surface area contributed by atoms with Crippen LogP contribution in [0.25, 0.3) is 0 Å². The number of methoxy groups -OCH3 is 1. The molecule has 5 rings (SSSR count). The van der Waals surface area contributed by atoms with Gasteiger partial charge in [-0.15, -0.1) is 0 Å². The second kappa shape index (κ2) is 7.09.